The van der Waals surface area contributed by atoms with E-state index in [1.165, 1.54) is 7.11 Å². The normalized spacial score (nSPS) is 8.15. The second kappa shape index (κ2) is 10.7. The number of hydrogen-bond donors (Lipinski definition) is 2. The molecule has 6 heteroatoms. The van der Waals surface area contributed by atoms with Crippen LogP contribution in [-0.2, 0) is 14.3 Å². The molecule has 0 heterocycles. The topological polar surface area (TPSA) is 105 Å². The molecule has 0 fully saturated rings. The average Bonchev–Trinajstić information content (AvgIpc) is 2.05. The molecule has 0 saturated heterocycles. The highest BCUT2D eigenvalue weighted by molar-refractivity contribution is 5.73. The molecule has 0 aromatic heterocycles. The average molecular weight is 192 g/mol. The van der Waals surface area contributed by atoms with Gasteiger partial charge in [-0.05, 0) is 6.42 Å². The lowest BCUT2D eigenvalue weighted by Gasteiger charge is -1.92. The highest BCUT2D eigenvalue weighted by Gasteiger charge is 1.90. The molecule has 0 aliphatic rings. The van der Waals surface area contributed by atoms with Gasteiger partial charge >= 0.3 is 6.09 Å². The summed E-state index contributed by atoms with van der Waals surface area (Å²) >= 11 is 0. The van der Waals surface area contributed by atoms with E-state index in [0.717, 1.165) is 6.42 Å². The maximum absolute atomic E-state index is 10.0. The zero-order chi connectivity index (χ0) is 10.7. The van der Waals surface area contributed by atoms with Gasteiger partial charge in [0.1, 0.15) is 0 Å². The lowest BCUT2D eigenvalue weighted by atomic mass is 10.3. The fourth-order valence-electron chi connectivity index (χ4n) is 0.391. The zero-order valence-electron chi connectivity index (χ0n) is 7.91. The summed E-state index contributed by atoms with van der Waals surface area (Å²) in [6, 6.07) is 0. The van der Waals surface area contributed by atoms with Crippen molar-refractivity contribution in [2.75, 3.05) is 20.8 Å². The summed E-state index contributed by atoms with van der Waals surface area (Å²) in [7, 11) is 2.82. The van der Waals surface area contributed by atoms with Crippen molar-refractivity contribution in [3.05, 3.63) is 0 Å². The van der Waals surface area contributed by atoms with Crippen LogP contribution in [-0.4, -0.2) is 32.8 Å². The van der Waals surface area contributed by atoms with Gasteiger partial charge in [-0.25, -0.2) is 4.79 Å². The van der Waals surface area contributed by atoms with Gasteiger partial charge in [0, 0.05) is 20.1 Å². The summed E-state index contributed by atoms with van der Waals surface area (Å²) in [4.78, 5) is 19.4. The summed E-state index contributed by atoms with van der Waals surface area (Å²) in [5.41, 5.74) is 9.27. The first-order valence-corrected chi connectivity index (χ1v) is 3.65. The fourth-order valence-corrected chi connectivity index (χ4v) is 0.391. The van der Waals surface area contributed by atoms with E-state index in [0.29, 0.717) is 13.0 Å². The monoisotopic (exact) mass is 192 g/mol. The van der Waals surface area contributed by atoms with E-state index in [4.69, 9.17) is 5.73 Å². The highest BCUT2D eigenvalue weighted by atomic mass is 16.5. The molecule has 13 heavy (non-hydrogen) atoms. The minimum absolute atomic E-state index is 0.262. The smallest absolute Gasteiger partial charge is 0.404 e. The number of amides is 2. The van der Waals surface area contributed by atoms with Crippen LogP contribution in [0.15, 0.2) is 0 Å². The van der Waals surface area contributed by atoms with Gasteiger partial charge in [0.15, 0.2) is 0 Å². The molecule has 0 atom stereocenters. The van der Waals surface area contributed by atoms with Crippen LogP contribution in [0.3, 0.4) is 0 Å². The summed E-state index contributed by atoms with van der Waals surface area (Å²) in [5.74, 6) is -0.262. The van der Waals surface area contributed by atoms with Crippen LogP contribution in [0.25, 0.3) is 0 Å². The molecular weight excluding hydrogens is 176 g/mol. The number of rotatable bonds is 4. The van der Waals surface area contributed by atoms with Crippen molar-refractivity contribution < 1.29 is 19.1 Å². The first-order valence-electron chi connectivity index (χ1n) is 3.65. The molecule has 0 saturated carbocycles. The Hall–Kier alpha value is -1.30. The number of carbonyl (C=O) groups is 2. The van der Waals surface area contributed by atoms with E-state index >= 15 is 0 Å². The van der Waals surface area contributed by atoms with Gasteiger partial charge in [0.05, 0.1) is 7.11 Å². The van der Waals surface area contributed by atoms with Crippen LogP contribution in [0.4, 0.5) is 4.79 Å². The molecule has 4 N–H and O–H groups in total. The molecular formula is C7H16N2O4. The number of methoxy groups -OCH3 is 2. The van der Waals surface area contributed by atoms with Gasteiger partial charge in [-0.1, -0.05) is 0 Å². The van der Waals surface area contributed by atoms with Crippen LogP contribution < -0.4 is 11.5 Å². The first kappa shape index (κ1) is 14.2. The van der Waals surface area contributed by atoms with Crippen LogP contribution in [0.2, 0.25) is 0 Å². The van der Waals surface area contributed by atoms with Crippen LogP contribution in [0.5, 0.6) is 0 Å². The maximum atomic E-state index is 10.0. The summed E-state index contributed by atoms with van der Waals surface area (Å²) in [6.07, 6.45) is 0.407. The Bertz CT molecular complexity index is 149. The van der Waals surface area contributed by atoms with E-state index in [9.17, 15) is 9.59 Å². The summed E-state index contributed by atoms with van der Waals surface area (Å²) in [6.45, 7) is 0.614. The number of ether oxygens (including phenoxy) is 2. The Kier molecular flexibility index (Phi) is 11.7. The molecule has 0 spiro atoms. The van der Waals surface area contributed by atoms with Crippen LogP contribution in [0.1, 0.15) is 12.8 Å². The Morgan fingerprint density at radius 2 is 1.69 bits per heavy atom. The molecule has 6 nitrogen and oxygen atoms in total. The third-order valence-electron chi connectivity index (χ3n) is 0.973. The fraction of sp³-hybridized carbons (Fsp3) is 0.714. The van der Waals surface area contributed by atoms with Gasteiger partial charge in [-0.3, -0.25) is 4.79 Å². The molecule has 0 unspecified atom stereocenters. The van der Waals surface area contributed by atoms with E-state index in [-0.39, 0.29) is 5.91 Å². The SMILES string of the molecule is COC(N)=O.COCCCC(N)=O. The third-order valence-corrected chi connectivity index (χ3v) is 0.973. The summed E-state index contributed by atoms with van der Waals surface area (Å²) in [5, 5.41) is 0. The Balaban J connectivity index is 0. The molecule has 0 aliphatic carbocycles. The van der Waals surface area contributed by atoms with Gasteiger partial charge in [0.2, 0.25) is 5.91 Å². The molecule has 0 aromatic carbocycles. The van der Waals surface area contributed by atoms with Gasteiger partial charge in [-0.2, -0.15) is 0 Å². The standard InChI is InChI=1S/C5H11NO2.C2H5NO2/c1-8-4-2-3-5(6)7;1-5-2(3)4/h2-4H2,1H3,(H2,6,7);1H3,(H2,3,4). The summed E-state index contributed by atoms with van der Waals surface area (Å²) < 4.78 is 8.57. The van der Waals surface area contributed by atoms with Gasteiger partial charge < -0.3 is 20.9 Å². The third kappa shape index (κ3) is 24.9. The van der Waals surface area contributed by atoms with Crippen molar-refractivity contribution >= 4 is 12.0 Å². The second-order valence-electron chi connectivity index (χ2n) is 2.09. The zero-order valence-corrected chi connectivity index (χ0v) is 7.91. The lowest BCUT2D eigenvalue weighted by molar-refractivity contribution is -0.118. The molecule has 0 aromatic rings. The molecule has 78 valence electrons. The predicted molar refractivity (Wildman–Crippen MR) is 46.9 cm³/mol. The quantitative estimate of drug-likeness (QED) is 0.592. The first-order chi connectivity index (χ1) is 6.04. The maximum Gasteiger partial charge on any atom is 0.404 e. The van der Waals surface area contributed by atoms with Crippen LogP contribution >= 0.6 is 0 Å². The Labute approximate surface area is 77.2 Å². The Morgan fingerprint density at radius 3 is 1.92 bits per heavy atom. The van der Waals surface area contributed by atoms with Crippen molar-refractivity contribution in [1.29, 1.82) is 0 Å². The van der Waals surface area contributed by atoms with Crippen molar-refractivity contribution in [3.63, 3.8) is 0 Å². The lowest BCUT2D eigenvalue weighted by Crippen LogP contribution is -2.10. The second-order valence-corrected chi connectivity index (χ2v) is 2.09. The van der Waals surface area contributed by atoms with E-state index < -0.39 is 6.09 Å². The van der Waals surface area contributed by atoms with E-state index in [2.05, 4.69) is 15.2 Å². The number of primary amides is 2. The molecule has 2 amide bonds. The minimum atomic E-state index is -0.745. The van der Waals surface area contributed by atoms with E-state index in [1.54, 1.807) is 7.11 Å². The van der Waals surface area contributed by atoms with E-state index in [1.807, 2.05) is 0 Å². The Morgan fingerprint density at radius 1 is 1.23 bits per heavy atom. The van der Waals surface area contributed by atoms with Crippen molar-refractivity contribution in [1.82, 2.24) is 0 Å². The predicted octanol–water partition coefficient (Wildman–Crippen LogP) is -0.390. The van der Waals surface area contributed by atoms with Crippen molar-refractivity contribution in [2.45, 2.75) is 12.8 Å². The van der Waals surface area contributed by atoms with Gasteiger partial charge in [-0.15, -0.1) is 0 Å². The van der Waals surface area contributed by atoms with Crippen molar-refractivity contribution in [2.24, 2.45) is 11.5 Å². The molecule has 0 rings (SSSR count). The van der Waals surface area contributed by atoms with Crippen LogP contribution in [0, 0.1) is 0 Å². The minimum Gasteiger partial charge on any atom is -0.453 e. The molecule has 0 radical (unpaired) electrons. The highest BCUT2D eigenvalue weighted by Crippen LogP contribution is 1.85. The molecule has 0 bridgehead atoms. The van der Waals surface area contributed by atoms with Crippen molar-refractivity contribution in [3.8, 4) is 0 Å². The number of hydrogen-bond acceptors (Lipinski definition) is 4. The largest absolute Gasteiger partial charge is 0.453 e. The number of nitrogens with two attached hydrogens (primary N) is 2. The number of carbonyl (C=O) groups excluding carboxylic acids is 2. The molecule has 0 aliphatic heterocycles. The van der Waals surface area contributed by atoms with Gasteiger partial charge in [0.25, 0.3) is 0 Å².